The molecule has 6 nitrogen and oxygen atoms in total. The van der Waals surface area contributed by atoms with Gasteiger partial charge in [0.05, 0.1) is 37.9 Å². The van der Waals surface area contributed by atoms with Crippen molar-refractivity contribution in [2.75, 3.05) is 26.2 Å². The van der Waals surface area contributed by atoms with Crippen LogP contribution in [0, 0.1) is 13.8 Å². The standard InChI is InChI=1S/C14H22N4O2S2/c1-5-18(6-2)8-7-15-22(19,20)14-11(4)10(3)9-12-13(14)17-21-16-12/h9,15H,5-8H2,1-4H3/p+1. The summed E-state index contributed by atoms with van der Waals surface area (Å²) in [6.45, 7) is 11.1. The monoisotopic (exact) mass is 343 g/mol. The number of quaternary nitrogens is 1. The molecule has 2 aromatic rings. The third-order valence-electron chi connectivity index (χ3n) is 4.05. The molecule has 0 saturated carbocycles. The van der Waals surface area contributed by atoms with E-state index in [-0.39, 0.29) is 4.90 Å². The summed E-state index contributed by atoms with van der Waals surface area (Å²) in [7, 11) is -3.58. The van der Waals surface area contributed by atoms with Gasteiger partial charge in [0.25, 0.3) is 0 Å². The first-order valence-corrected chi connectivity index (χ1v) is 9.67. The van der Waals surface area contributed by atoms with Gasteiger partial charge in [-0.15, -0.1) is 0 Å². The van der Waals surface area contributed by atoms with Gasteiger partial charge < -0.3 is 4.90 Å². The summed E-state index contributed by atoms with van der Waals surface area (Å²) in [6, 6.07) is 1.88. The van der Waals surface area contributed by atoms with Gasteiger partial charge in [-0.25, -0.2) is 13.1 Å². The molecule has 1 aromatic heterocycles. The number of aromatic nitrogens is 2. The van der Waals surface area contributed by atoms with Crippen LogP contribution in [0.1, 0.15) is 25.0 Å². The van der Waals surface area contributed by atoms with E-state index in [9.17, 15) is 8.42 Å². The van der Waals surface area contributed by atoms with Crippen molar-refractivity contribution in [3.8, 4) is 0 Å². The van der Waals surface area contributed by atoms with Crippen molar-refractivity contribution in [3.63, 3.8) is 0 Å². The molecule has 0 unspecified atom stereocenters. The Hall–Kier alpha value is -1.09. The van der Waals surface area contributed by atoms with Gasteiger partial charge in [-0.1, -0.05) is 0 Å². The van der Waals surface area contributed by atoms with Crippen LogP contribution in [0.5, 0.6) is 0 Å². The van der Waals surface area contributed by atoms with Gasteiger partial charge in [0.2, 0.25) is 10.0 Å². The van der Waals surface area contributed by atoms with Crippen LogP contribution in [0.25, 0.3) is 11.0 Å². The lowest BCUT2D eigenvalue weighted by Crippen LogP contribution is -3.12. The van der Waals surface area contributed by atoms with E-state index in [2.05, 4.69) is 27.3 Å². The van der Waals surface area contributed by atoms with Gasteiger partial charge >= 0.3 is 0 Å². The SMILES string of the molecule is CC[NH+](CC)CCNS(=O)(=O)c1c(C)c(C)cc2nsnc12. The van der Waals surface area contributed by atoms with Crippen molar-refractivity contribution >= 4 is 32.8 Å². The fraction of sp³-hybridized carbons (Fsp3) is 0.571. The summed E-state index contributed by atoms with van der Waals surface area (Å²) in [5, 5.41) is 0. The van der Waals surface area contributed by atoms with Gasteiger partial charge in [0.1, 0.15) is 15.9 Å². The average Bonchev–Trinajstić information content (AvgIpc) is 2.91. The second-order valence-corrected chi connectivity index (χ2v) is 7.62. The van der Waals surface area contributed by atoms with E-state index in [0.717, 1.165) is 42.5 Å². The molecule has 122 valence electrons. The van der Waals surface area contributed by atoms with Crippen LogP contribution in [-0.4, -0.2) is 43.3 Å². The lowest BCUT2D eigenvalue weighted by Gasteiger charge is -2.16. The number of nitrogens with one attached hydrogen (secondary N) is 2. The molecule has 0 aliphatic carbocycles. The largest absolute Gasteiger partial charge is 0.334 e. The highest BCUT2D eigenvalue weighted by Gasteiger charge is 2.24. The molecule has 0 bridgehead atoms. The molecule has 22 heavy (non-hydrogen) atoms. The van der Waals surface area contributed by atoms with Crippen molar-refractivity contribution in [3.05, 3.63) is 17.2 Å². The highest BCUT2D eigenvalue weighted by molar-refractivity contribution is 7.89. The Bertz CT molecular complexity index is 752. The number of rotatable bonds is 7. The summed E-state index contributed by atoms with van der Waals surface area (Å²) in [6.07, 6.45) is 0. The Balaban J connectivity index is 2.30. The van der Waals surface area contributed by atoms with E-state index < -0.39 is 10.0 Å². The van der Waals surface area contributed by atoms with E-state index in [0.29, 0.717) is 17.6 Å². The van der Waals surface area contributed by atoms with Crippen molar-refractivity contribution in [1.29, 1.82) is 0 Å². The molecule has 2 rings (SSSR count). The van der Waals surface area contributed by atoms with Crippen molar-refractivity contribution in [2.45, 2.75) is 32.6 Å². The van der Waals surface area contributed by atoms with E-state index >= 15 is 0 Å². The molecule has 8 heteroatoms. The quantitative estimate of drug-likeness (QED) is 0.768. The summed E-state index contributed by atoms with van der Waals surface area (Å²) in [5.74, 6) is 0. The summed E-state index contributed by atoms with van der Waals surface area (Å²) in [5.41, 5.74) is 2.76. The van der Waals surface area contributed by atoms with E-state index in [4.69, 9.17) is 0 Å². The predicted molar refractivity (Wildman–Crippen MR) is 89.0 cm³/mol. The van der Waals surface area contributed by atoms with Crippen LogP contribution in [0.4, 0.5) is 0 Å². The van der Waals surface area contributed by atoms with E-state index in [1.54, 1.807) is 0 Å². The number of nitrogens with zero attached hydrogens (tertiary/aromatic N) is 2. The number of hydrogen-bond acceptors (Lipinski definition) is 5. The summed E-state index contributed by atoms with van der Waals surface area (Å²) >= 11 is 1.04. The van der Waals surface area contributed by atoms with Crippen LogP contribution in [0.15, 0.2) is 11.0 Å². The molecule has 2 N–H and O–H groups in total. The van der Waals surface area contributed by atoms with Crippen LogP contribution in [0.3, 0.4) is 0 Å². The number of aryl methyl sites for hydroxylation is 1. The lowest BCUT2D eigenvalue weighted by atomic mass is 10.1. The molecule has 1 aromatic carbocycles. The Labute approximate surface area is 135 Å². The Morgan fingerprint density at radius 1 is 1.23 bits per heavy atom. The second-order valence-electron chi connectivity index (χ2n) is 5.38. The zero-order chi connectivity index (χ0) is 16.3. The number of benzene rings is 1. The molecule has 0 fully saturated rings. The first-order valence-electron chi connectivity index (χ1n) is 7.46. The van der Waals surface area contributed by atoms with Crippen LogP contribution in [-0.2, 0) is 10.0 Å². The fourth-order valence-electron chi connectivity index (χ4n) is 2.48. The van der Waals surface area contributed by atoms with Crippen LogP contribution < -0.4 is 9.62 Å². The maximum atomic E-state index is 12.7. The normalized spacial score (nSPS) is 12.4. The molecule has 1 heterocycles. The van der Waals surface area contributed by atoms with Crippen molar-refractivity contribution < 1.29 is 13.3 Å². The third-order valence-corrected chi connectivity index (χ3v) is 6.22. The minimum Gasteiger partial charge on any atom is -0.334 e. The average molecular weight is 343 g/mol. The molecule has 0 aliphatic rings. The number of sulfonamides is 1. The lowest BCUT2D eigenvalue weighted by molar-refractivity contribution is -0.895. The first kappa shape index (κ1) is 17.3. The first-order chi connectivity index (χ1) is 10.4. The highest BCUT2D eigenvalue weighted by atomic mass is 32.2. The smallest absolute Gasteiger partial charge is 0.243 e. The number of hydrogen-bond donors (Lipinski definition) is 2. The molecule has 0 aliphatic heterocycles. The maximum Gasteiger partial charge on any atom is 0.243 e. The maximum absolute atomic E-state index is 12.7. The second kappa shape index (κ2) is 6.99. The predicted octanol–water partition coefficient (Wildman–Crippen LogP) is 0.511. The van der Waals surface area contributed by atoms with Gasteiger partial charge in [-0.05, 0) is 44.9 Å². The number of fused-ring (bicyclic) bond motifs is 1. The van der Waals surface area contributed by atoms with Crippen LogP contribution in [0.2, 0.25) is 0 Å². The topological polar surface area (TPSA) is 76.4 Å². The van der Waals surface area contributed by atoms with E-state index in [1.165, 1.54) is 4.90 Å². The zero-order valence-electron chi connectivity index (χ0n) is 13.4. The third kappa shape index (κ3) is 3.45. The molecule has 0 radical (unpaired) electrons. The van der Waals surface area contributed by atoms with Crippen molar-refractivity contribution in [2.24, 2.45) is 0 Å². The molecular formula is C14H23N4O2S2+. The number of likely N-dealkylation sites (N-methyl/N-ethyl adjacent to an activating group) is 1. The van der Waals surface area contributed by atoms with Gasteiger partial charge in [0, 0.05) is 0 Å². The Morgan fingerprint density at radius 3 is 2.55 bits per heavy atom. The fourth-order valence-corrected chi connectivity index (χ4v) is 4.56. The Morgan fingerprint density at radius 2 is 1.91 bits per heavy atom. The molecule has 0 spiro atoms. The van der Waals surface area contributed by atoms with Gasteiger partial charge in [-0.3, -0.25) is 0 Å². The van der Waals surface area contributed by atoms with Crippen molar-refractivity contribution in [1.82, 2.24) is 13.5 Å². The summed E-state index contributed by atoms with van der Waals surface area (Å²) in [4.78, 5) is 1.63. The van der Waals surface area contributed by atoms with Gasteiger partial charge in [-0.2, -0.15) is 8.75 Å². The van der Waals surface area contributed by atoms with Gasteiger partial charge in [0.15, 0.2) is 0 Å². The molecular weight excluding hydrogens is 320 g/mol. The minimum atomic E-state index is -3.58. The summed E-state index contributed by atoms with van der Waals surface area (Å²) < 4.78 is 36.4. The van der Waals surface area contributed by atoms with E-state index in [1.807, 2.05) is 19.9 Å². The minimum absolute atomic E-state index is 0.269. The highest BCUT2D eigenvalue weighted by Crippen LogP contribution is 2.27. The zero-order valence-corrected chi connectivity index (χ0v) is 15.1. The molecule has 0 saturated heterocycles. The molecule has 0 amide bonds. The Kier molecular flexibility index (Phi) is 5.49. The molecule has 0 atom stereocenters. The van der Waals surface area contributed by atoms with Crippen LogP contribution >= 0.6 is 11.7 Å².